The highest BCUT2D eigenvalue weighted by Gasteiger charge is 2.06. The van der Waals surface area contributed by atoms with E-state index in [9.17, 15) is 4.79 Å². The summed E-state index contributed by atoms with van der Waals surface area (Å²) in [6.45, 7) is 4.03. The van der Waals surface area contributed by atoms with Crippen molar-refractivity contribution in [3.8, 4) is 0 Å². The Kier molecular flexibility index (Phi) is 4.53. The van der Waals surface area contributed by atoms with Crippen molar-refractivity contribution in [1.82, 2.24) is 5.32 Å². The number of amides is 1. The maximum absolute atomic E-state index is 11.8. The molecule has 98 valence electrons. The lowest BCUT2D eigenvalue weighted by atomic mass is 10.1. The Morgan fingerprint density at radius 3 is 2.63 bits per heavy atom. The van der Waals surface area contributed by atoms with Crippen LogP contribution in [-0.2, 0) is 4.79 Å². The fraction of sp³-hybridized carbons (Fsp3) is 0.188. The summed E-state index contributed by atoms with van der Waals surface area (Å²) in [5.74, 6) is -0.0656. The minimum absolute atomic E-state index is 0.0165. The number of carbonyl (C=O) groups is 1. The van der Waals surface area contributed by atoms with Crippen LogP contribution in [0.5, 0.6) is 0 Å². The van der Waals surface area contributed by atoms with Gasteiger partial charge in [-0.25, -0.2) is 0 Å². The first-order valence-corrected chi connectivity index (χ1v) is 7.12. The Morgan fingerprint density at radius 2 is 2.00 bits per heavy atom. The van der Waals surface area contributed by atoms with Crippen LogP contribution >= 0.6 is 11.3 Å². The molecule has 1 amide bonds. The zero-order chi connectivity index (χ0) is 13.7. The number of nitrogens with one attached hydrogen (secondary N) is 1. The van der Waals surface area contributed by atoms with E-state index >= 15 is 0 Å². The number of hydrogen-bond acceptors (Lipinski definition) is 2. The maximum atomic E-state index is 11.8. The Morgan fingerprint density at radius 1 is 1.26 bits per heavy atom. The topological polar surface area (TPSA) is 29.1 Å². The zero-order valence-electron chi connectivity index (χ0n) is 11.1. The van der Waals surface area contributed by atoms with Crippen molar-refractivity contribution in [1.29, 1.82) is 0 Å². The highest BCUT2D eigenvalue weighted by Crippen LogP contribution is 2.17. The van der Waals surface area contributed by atoms with Crippen molar-refractivity contribution in [2.75, 3.05) is 0 Å². The van der Waals surface area contributed by atoms with E-state index in [1.165, 1.54) is 5.56 Å². The number of thiophene rings is 1. The summed E-state index contributed by atoms with van der Waals surface area (Å²) in [7, 11) is 0. The van der Waals surface area contributed by atoms with E-state index in [1.54, 1.807) is 17.4 Å². The number of aryl methyl sites for hydroxylation is 1. The normalized spacial score (nSPS) is 12.5. The molecule has 1 atom stereocenters. The molecule has 0 spiro atoms. The van der Waals surface area contributed by atoms with Gasteiger partial charge in [0.1, 0.15) is 0 Å². The molecule has 2 aromatic rings. The Labute approximate surface area is 117 Å². The Hall–Kier alpha value is -1.87. The second kappa shape index (κ2) is 6.34. The summed E-state index contributed by atoms with van der Waals surface area (Å²) in [6, 6.07) is 12.0. The van der Waals surface area contributed by atoms with E-state index in [2.05, 4.69) is 11.4 Å². The van der Waals surface area contributed by atoms with Gasteiger partial charge in [-0.1, -0.05) is 30.3 Å². The van der Waals surface area contributed by atoms with Crippen molar-refractivity contribution in [2.45, 2.75) is 19.9 Å². The summed E-state index contributed by atoms with van der Waals surface area (Å²) in [5.41, 5.74) is 2.31. The molecule has 1 aromatic heterocycles. The molecule has 2 rings (SSSR count). The molecule has 1 heterocycles. The molecule has 19 heavy (non-hydrogen) atoms. The molecule has 0 fully saturated rings. The minimum atomic E-state index is -0.0656. The van der Waals surface area contributed by atoms with Gasteiger partial charge in [0, 0.05) is 11.0 Å². The molecule has 0 aliphatic rings. The highest BCUT2D eigenvalue weighted by atomic mass is 32.1. The van der Waals surface area contributed by atoms with Gasteiger partial charge in [0.25, 0.3) is 0 Å². The lowest BCUT2D eigenvalue weighted by Crippen LogP contribution is -2.24. The van der Waals surface area contributed by atoms with Crippen molar-refractivity contribution in [3.63, 3.8) is 0 Å². The third-order valence-electron chi connectivity index (χ3n) is 2.95. The molecule has 0 bridgehead atoms. The van der Waals surface area contributed by atoms with Crippen molar-refractivity contribution in [2.24, 2.45) is 0 Å². The van der Waals surface area contributed by atoms with Crippen molar-refractivity contribution < 1.29 is 4.79 Å². The van der Waals surface area contributed by atoms with Gasteiger partial charge >= 0.3 is 0 Å². The van der Waals surface area contributed by atoms with Gasteiger partial charge in [0.2, 0.25) is 5.91 Å². The van der Waals surface area contributed by atoms with Crippen LogP contribution in [0.25, 0.3) is 6.08 Å². The summed E-state index contributed by atoms with van der Waals surface area (Å²) >= 11 is 1.64. The van der Waals surface area contributed by atoms with Gasteiger partial charge in [0.15, 0.2) is 0 Å². The SMILES string of the molecule is Cc1ccsc1/C=C/C(=O)N[C@@H](C)c1ccccc1. The first-order chi connectivity index (χ1) is 9.16. The van der Waals surface area contributed by atoms with Crippen LogP contribution in [0.4, 0.5) is 0 Å². The molecular weight excluding hydrogens is 254 g/mol. The highest BCUT2D eigenvalue weighted by molar-refractivity contribution is 7.11. The smallest absolute Gasteiger partial charge is 0.244 e. The van der Waals surface area contributed by atoms with Gasteiger partial charge in [-0.3, -0.25) is 4.79 Å². The molecule has 0 saturated heterocycles. The van der Waals surface area contributed by atoms with E-state index in [0.717, 1.165) is 10.4 Å². The molecule has 2 nitrogen and oxygen atoms in total. The van der Waals surface area contributed by atoms with Crippen LogP contribution in [0.15, 0.2) is 47.9 Å². The van der Waals surface area contributed by atoms with E-state index in [1.807, 2.05) is 55.6 Å². The van der Waals surface area contributed by atoms with Crippen LogP contribution in [0.3, 0.4) is 0 Å². The minimum Gasteiger partial charge on any atom is -0.346 e. The van der Waals surface area contributed by atoms with Crippen molar-refractivity contribution in [3.05, 3.63) is 63.9 Å². The molecule has 1 N–H and O–H groups in total. The lowest BCUT2D eigenvalue weighted by Gasteiger charge is -2.12. The number of benzene rings is 1. The fourth-order valence-electron chi connectivity index (χ4n) is 1.79. The van der Waals surface area contributed by atoms with Gasteiger partial charge < -0.3 is 5.32 Å². The third kappa shape index (κ3) is 3.80. The Bertz CT molecular complexity index is 571. The van der Waals surface area contributed by atoms with Gasteiger partial charge in [0.05, 0.1) is 6.04 Å². The number of carbonyl (C=O) groups excluding carboxylic acids is 1. The molecule has 1 aromatic carbocycles. The monoisotopic (exact) mass is 271 g/mol. The second-order valence-electron chi connectivity index (χ2n) is 4.44. The summed E-state index contributed by atoms with van der Waals surface area (Å²) in [5, 5.41) is 4.98. The number of hydrogen-bond donors (Lipinski definition) is 1. The van der Waals surface area contributed by atoms with Crippen LogP contribution in [0.2, 0.25) is 0 Å². The maximum Gasteiger partial charge on any atom is 0.244 e. The number of rotatable bonds is 4. The first kappa shape index (κ1) is 13.6. The van der Waals surface area contributed by atoms with Crippen LogP contribution in [0.1, 0.15) is 29.0 Å². The Balaban J connectivity index is 1.95. The molecule has 0 aliphatic carbocycles. The van der Waals surface area contributed by atoms with E-state index < -0.39 is 0 Å². The quantitative estimate of drug-likeness (QED) is 0.838. The predicted molar refractivity (Wildman–Crippen MR) is 81.1 cm³/mol. The van der Waals surface area contributed by atoms with E-state index in [-0.39, 0.29) is 11.9 Å². The average Bonchev–Trinajstić information content (AvgIpc) is 2.83. The zero-order valence-corrected chi connectivity index (χ0v) is 11.9. The lowest BCUT2D eigenvalue weighted by molar-refractivity contribution is -0.117. The predicted octanol–water partition coefficient (Wildman–Crippen LogP) is 3.95. The van der Waals surface area contributed by atoms with Gasteiger partial charge in [-0.2, -0.15) is 0 Å². The van der Waals surface area contributed by atoms with Crippen molar-refractivity contribution >= 4 is 23.3 Å². The molecule has 3 heteroatoms. The van der Waals surface area contributed by atoms with Gasteiger partial charge in [-0.05, 0) is 42.5 Å². The van der Waals surface area contributed by atoms with Crippen LogP contribution in [0, 0.1) is 6.92 Å². The van der Waals surface area contributed by atoms with Crippen LogP contribution < -0.4 is 5.32 Å². The molecule has 0 radical (unpaired) electrons. The second-order valence-corrected chi connectivity index (χ2v) is 5.39. The largest absolute Gasteiger partial charge is 0.346 e. The van der Waals surface area contributed by atoms with E-state index in [4.69, 9.17) is 0 Å². The van der Waals surface area contributed by atoms with E-state index in [0.29, 0.717) is 0 Å². The summed E-state index contributed by atoms with van der Waals surface area (Å²) < 4.78 is 0. The third-order valence-corrected chi connectivity index (χ3v) is 3.93. The molecule has 0 unspecified atom stereocenters. The molecule has 0 saturated carbocycles. The average molecular weight is 271 g/mol. The van der Waals surface area contributed by atoms with Gasteiger partial charge in [-0.15, -0.1) is 11.3 Å². The summed E-state index contributed by atoms with van der Waals surface area (Å²) in [6.07, 6.45) is 3.46. The fourth-order valence-corrected chi connectivity index (χ4v) is 2.61. The summed E-state index contributed by atoms with van der Waals surface area (Å²) in [4.78, 5) is 13.0. The standard InChI is InChI=1S/C16H17NOS/c1-12-10-11-19-15(12)8-9-16(18)17-13(2)14-6-4-3-5-7-14/h3-11,13H,1-2H3,(H,17,18)/b9-8+/t13-/m0/s1. The van der Waals surface area contributed by atoms with Crippen LogP contribution in [-0.4, -0.2) is 5.91 Å². The molecule has 0 aliphatic heterocycles. The molecular formula is C16H17NOS. The first-order valence-electron chi connectivity index (χ1n) is 6.24.